The number of carbonyl (C=O) groups is 4. The first-order chi connectivity index (χ1) is 45.9. The maximum absolute atomic E-state index is 13.1. The first-order valence-electron chi connectivity index (χ1n) is 39.5. The Kier molecular flexibility index (Phi) is 66.5. The van der Waals surface area contributed by atoms with Gasteiger partial charge in [0, 0.05) is 25.7 Å². The molecule has 0 bridgehead atoms. The smallest absolute Gasteiger partial charge is 0.462 e. The van der Waals surface area contributed by atoms with Crippen LogP contribution in [0.25, 0.3) is 0 Å². The van der Waals surface area contributed by atoms with Crippen LogP contribution in [0.1, 0.15) is 395 Å². The molecule has 2 unspecified atom stereocenters. The predicted octanol–water partition coefficient (Wildman–Crippen LogP) is 22.3. The molecule has 95 heavy (non-hydrogen) atoms. The number of ether oxygens (including phenoxy) is 4. The van der Waals surface area contributed by atoms with Crippen molar-refractivity contribution in [3.63, 3.8) is 0 Å². The summed E-state index contributed by atoms with van der Waals surface area (Å²) in [4.78, 5) is 72.9. The highest BCUT2D eigenvalue weighted by Gasteiger charge is 2.30. The molecule has 0 fully saturated rings. The fourth-order valence-electron chi connectivity index (χ4n) is 11.7. The van der Waals surface area contributed by atoms with E-state index in [4.69, 9.17) is 37.0 Å². The topological polar surface area (TPSA) is 237 Å². The second-order valence-electron chi connectivity index (χ2n) is 28.3. The van der Waals surface area contributed by atoms with Gasteiger partial charge in [0.25, 0.3) is 0 Å². The quantitative estimate of drug-likeness (QED) is 0.0222. The number of rotatable bonds is 75. The second kappa shape index (κ2) is 67.9. The van der Waals surface area contributed by atoms with Gasteiger partial charge in [0.15, 0.2) is 12.2 Å². The summed E-state index contributed by atoms with van der Waals surface area (Å²) in [5, 5.41) is 10.6. The van der Waals surface area contributed by atoms with Crippen molar-refractivity contribution < 1.29 is 80.2 Å². The summed E-state index contributed by atoms with van der Waals surface area (Å²) in [5.41, 5.74) is 0. The van der Waals surface area contributed by atoms with E-state index in [0.717, 1.165) is 102 Å². The number of hydrogen-bond acceptors (Lipinski definition) is 15. The van der Waals surface area contributed by atoms with Crippen LogP contribution in [-0.4, -0.2) is 96.7 Å². The third kappa shape index (κ3) is 70.3. The van der Waals surface area contributed by atoms with Crippen LogP contribution < -0.4 is 0 Å². The molecule has 17 nitrogen and oxygen atoms in total. The molecule has 0 aliphatic carbocycles. The Bertz CT molecular complexity index is 1840. The average Bonchev–Trinajstić information content (AvgIpc) is 2.04. The number of unbranched alkanes of at least 4 members (excludes halogenated alkanes) is 45. The Hall–Kier alpha value is -1.94. The Morgan fingerprint density at radius 3 is 0.716 bits per heavy atom. The fraction of sp³-hybridized carbons (Fsp3) is 0.947. The molecule has 19 heteroatoms. The van der Waals surface area contributed by atoms with Crippen molar-refractivity contribution in [2.75, 3.05) is 39.6 Å². The number of esters is 4. The molecule has 0 aliphatic rings. The molecule has 0 spiro atoms. The number of carbonyl (C=O) groups excluding carboxylic acids is 4. The van der Waals surface area contributed by atoms with Gasteiger partial charge in [-0.05, 0) is 37.5 Å². The number of aliphatic hydroxyl groups excluding tert-OH is 1. The minimum atomic E-state index is -4.96. The third-order valence-electron chi connectivity index (χ3n) is 17.7. The van der Waals surface area contributed by atoms with Gasteiger partial charge in [-0.2, -0.15) is 0 Å². The lowest BCUT2D eigenvalue weighted by molar-refractivity contribution is -0.161. The zero-order chi connectivity index (χ0) is 70.0. The molecule has 0 heterocycles. The van der Waals surface area contributed by atoms with Crippen LogP contribution in [0.4, 0.5) is 0 Å². The molecule has 0 aliphatic heterocycles. The summed E-state index contributed by atoms with van der Waals surface area (Å²) < 4.78 is 68.6. The molecule has 0 amide bonds. The average molecular weight is 1400 g/mol. The highest BCUT2D eigenvalue weighted by Crippen LogP contribution is 2.45. The van der Waals surface area contributed by atoms with Gasteiger partial charge in [-0.1, -0.05) is 343 Å². The zero-order valence-electron chi connectivity index (χ0n) is 62.0. The van der Waals surface area contributed by atoms with Crippen molar-refractivity contribution in [3.8, 4) is 0 Å². The minimum Gasteiger partial charge on any atom is -0.462 e. The van der Waals surface area contributed by atoms with Crippen LogP contribution in [0.15, 0.2) is 0 Å². The largest absolute Gasteiger partial charge is 0.472 e. The van der Waals surface area contributed by atoms with Gasteiger partial charge in [-0.15, -0.1) is 0 Å². The second-order valence-corrected chi connectivity index (χ2v) is 31.3. The molecular formula is C76H148O17P2. The van der Waals surface area contributed by atoms with Crippen molar-refractivity contribution in [2.45, 2.75) is 413 Å². The van der Waals surface area contributed by atoms with Crippen molar-refractivity contribution >= 4 is 39.5 Å². The third-order valence-corrected chi connectivity index (χ3v) is 19.6. The number of phosphoric ester groups is 2. The molecule has 0 aromatic heterocycles. The van der Waals surface area contributed by atoms with E-state index in [1.54, 1.807) is 0 Å². The molecule has 0 aromatic rings. The van der Waals surface area contributed by atoms with E-state index in [-0.39, 0.29) is 25.7 Å². The molecule has 0 radical (unpaired) electrons. The van der Waals surface area contributed by atoms with E-state index in [9.17, 15) is 43.2 Å². The van der Waals surface area contributed by atoms with Gasteiger partial charge in [-0.25, -0.2) is 9.13 Å². The molecular weight excluding hydrogens is 1250 g/mol. The van der Waals surface area contributed by atoms with Crippen LogP contribution >= 0.6 is 15.6 Å². The summed E-state index contributed by atoms with van der Waals surface area (Å²) in [7, 11) is -9.91. The maximum Gasteiger partial charge on any atom is 0.472 e. The normalized spacial score (nSPS) is 14.0. The molecule has 0 saturated heterocycles. The van der Waals surface area contributed by atoms with Crippen molar-refractivity contribution in [1.29, 1.82) is 0 Å². The first kappa shape index (κ1) is 93.1. The van der Waals surface area contributed by atoms with Gasteiger partial charge >= 0.3 is 39.5 Å². The van der Waals surface area contributed by atoms with Crippen LogP contribution in [0.2, 0.25) is 0 Å². The van der Waals surface area contributed by atoms with Gasteiger partial charge in [-0.3, -0.25) is 37.3 Å². The zero-order valence-corrected chi connectivity index (χ0v) is 63.8. The Morgan fingerprint density at radius 2 is 0.484 bits per heavy atom. The number of hydrogen-bond donors (Lipinski definition) is 3. The minimum absolute atomic E-state index is 0.106. The fourth-order valence-corrected chi connectivity index (χ4v) is 13.2. The lowest BCUT2D eigenvalue weighted by Crippen LogP contribution is -2.30. The van der Waals surface area contributed by atoms with Crippen molar-refractivity contribution in [2.24, 2.45) is 11.8 Å². The van der Waals surface area contributed by atoms with Crippen molar-refractivity contribution in [1.82, 2.24) is 0 Å². The van der Waals surface area contributed by atoms with Gasteiger partial charge < -0.3 is 33.8 Å². The molecule has 0 saturated carbocycles. The summed E-state index contributed by atoms with van der Waals surface area (Å²) in [5.74, 6) is -0.602. The van der Waals surface area contributed by atoms with Gasteiger partial charge in [0.05, 0.1) is 26.4 Å². The monoisotopic (exact) mass is 1400 g/mol. The molecule has 0 rings (SSSR count). The highest BCUT2D eigenvalue weighted by molar-refractivity contribution is 7.47. The van der Waals surface area contributed by atoms with Crippen LogP contribution in [0, 0.1) is 11.8 Å². The van der Waals surface area contributed by atoms with Gasteiger partial charge in [0.1, 0.15) is 19.3 Å². The van der Waals surface area contributed by atoms with Crippen LogP contribution in [0.3, 0.4) is 0 Å². The van der Waals surface area contributed by atoms with Crippen LogP contribution in [0.5, 0.6) is 0 Å². The van der Waals surface area contributed by atoms with E-state index < -0.39 is 97.5 Å². The lowest BCUT2D eigenvalue weighted by atomic mass is 10.0. The Labute approximate surface area is 581 Å². The van der Waals surface area contributed by atoms with E-state index in [1.807, 2.05) is 0 Å². The Morgan fingerprint density at radius 1 is 0.284 bits per heavy atom. The standard InChI is InChI=1S/C76H148O17P2/c1-7-9-11-13-15-17-19-21-23-25-27-36-42-48-54-60-75(80)92-71(64-86-73(78)58-52-46-40-34-26-24-22-20-18-16-14-12-10-8-2)66-90-94(82,83)88-62-70(77)63-89-95(84,85)91-67-72(93-76(81)61-55-49-43-37-31-29-33-39-45-51-57-69(5)6)65-87-74(79)59-53-47-41-35-30-28-32-38-44-50-56-68(3)4/h68-72,77H,7-67H2,1-6H3,(H,82,83)(H,84,85)/t70-,71-,72-/m1/s1. The van der Waals surface area contributed by atoms with E-state index >= 15 is 0 Å². The first-order valence-corrected chi connectivity index (χ1v) is 42.5. The SMILES string of the molecule is CCCCCCCCCCCCCCCCCC(=O)O[C@H](COC(=O)CCCCCCCCCCCCCCCC)COP(=O)(O)OC[C@@H](O)COP(=O)(O)OC[C@@H](COC(=O)CCCCCCCCCCCCC(C)C)OC(=O)CCCCCCCCCCCCC(C)C. The lowest BCUT2D eigenvalue weighted by Gasteiger charge is -2.21. The van der Waals surface area contributed by atoms with Crippen molar-refractivity contribution in [3.05, 3.63) is 0 Å². The molecule has 5 atom stereocenters. The maximum atomic E-state index is 13.1. The van der Waals surface area contributed by atoms with E-state index in [0.29, 0.717) is 25.7 Å². The number of aliphatic hydroxyl groups is 1. The number of phosphoric acid groups is 2. The Balaban J connectivity index is 5.27. The van der Waals surface area contributed by atoms with E-state index in [1.165, 1.54) is 212 Å². The molecule has 0 aromatic carbocycles. The molecule has 564 valence electrons. The van der Waals surface area contributed by atoms with Crippen LogP contribution in [-0.2, 0) is 65.4 Å². The van der Waals surface area contributed by atoms with Gasteiger partial charge in [0.2, 0.25) is 0 Å². The summed E-state index contributed by atoms with van der Waals surface area (Å²) in [6.45, 7) is 9.59. The summed E-state index contributed by atoms with van der Waals surface area (Å²) in [6, 6.07) is 0. The summed E-state index contributed by atoms with van der Waals surface area (Å²) >= 11 is 0. The molecule has 3 N–H and O–H groups in total. The predicted molar refractivity (Wildman–Crippen MR) is 386 cm³/mol. The summed E-state index contributed by atoms with van der Waals surface area (Å²) in [6.07, 6.45) is 55.3. The highest BCUT2D eigenvalue weighted by atomic mass is 31.2. The van der Waals surface area contributed by atoms with E-state index in [2.05, 4.69) is 41.5 Å².